The number of nitrogens with zero attached hydrogens (tertiary/aromatic N) is 1. The number of carbonyl (C=O) groups excluding carboxylic acids is 1. The summed E-state index contributed by atoms with van der Waals surface area (Å²) >= 11 is 5.72. The Kier molecular flexibility index (Phi) is 4.68. The summed E-state index contributed by atoms with van der Waals surface area (Å²) in [6.07, 6.45) is 0.576. The second kappa shape index (κ2) is 6.68. The van der Waals surface area contributed by atoms with Gasteiger partial charge in [0.05, 0.1) is 6.21 Å². The highest BCUT2D eigenvalue weighted by atomic mass is 35.5. The van der Waals surface area contributed by atoms with Gasteiger partial charge in [0, 0.05) is 10.7 Å². The zero-order valence-corrected chi connectivity index (χ0v) is 11.0. The lowest BCUT2D eigenvalue weighted by atomic mass is 10.2. The van der Waals surface area contributed by atoms with Crippen LogP contribution in [0.1, 0.15) is 5.56 Å². The van der Waals surface area contributed by atoms with E-state index in [2.05, 4.69) is 15.3 Å². The third-order valence-electron chi connectivity index (χ3n) is 2.30. The molecule has 102 valence electrons. The Morgan fingerprint density at radius 2 is 1.80 bits per heavy atom. The minimum absolute atomic E-state index is 0.344. The molecule has 1 amide bonds. The summed E-state index contributed by atoms with van der Waals surface area (Å²) in [5, 5.41) is 6.54. The summed E-state index contributed by atoms with van der Waals surface area (Å²) in [6.45, 7) is 0. The summed E-state index contributed by atoms with van der Waals surface area (Å²) < 4.78 is 12.7. The van der Waals surface area contributed by atoms with Crippen LogP contribution in [0, 0.1) is 5.82 Å². The molecule has 0 saturated heterocycles. The fourth-order valence-electron chi connectivity index (χ4n) is 1.36. The molecule has 0 atom stereocenters. The second-order valence-corrected chi connectivity index (χ2v) is 4.23. The molecule has 2 aromatic rings. The van der Waals surface area contributed by atoms with E-state index in [0.717, 1.165) is 0 Å². The summed E-state index contributed by atoms with van der Waals surface area (Å²) in [5.74, 6) is -0.344. The Morgan fingerprint density at radius 1 is 1.15 bits per heavy atom. The van der Waals surface area contributed by atoms with Gasteiger partial charge in [0.2, 0.25) is 0 Å². The number of amides is 1. The maximum absolute atomic E-state index is 12.7. The van der Waals surface area contributed by atoms with Crippen molar-refractivity contribution in [3.8, 4) is 0 Å². The molecule has 0 heterocycles. The maximum Gasteiger partial charge on any atom is 0.437 e. The summed E-state index contributed by atoms with van der Waals surface area (Å²) in [7, 11) is 0. The molecule has 6 heteroatoms. The normalized spacial score (nSPS) is 10.5. The molecule has 0 aliphatic rings. The smallest absolute Gasteiger partial charge is 0.298 e. The van der Waals surface area contributed by atoms with E-state index in [1.807, 2.05) is 0 Å². The molecule has 1 N–H and O–H groups in total. The minimum Gasteiger partial charge on any atom is -0.298 e. The van der Waals surface area contributed by atoms with Crippen LogP contribution in [0.3, 0.4) is 0 Å². The molecule has 4 nitrogen and oxygen atoms in total. The van der Waals surface area contributed by atoms with Crippen LogP contribution in [0.4, 0.5) is 14.9 Å². The molecule has 0 aliphatic carbocycles. The third kappa shape index (κ3) is 4.37. The molecule has 0 bridgehead atoms. The molecule has 0 spiro atoms. The van der Waals surface area contributed by atoms with Gasteiger partial charge in [-0.2, -0.15) is 0 Å². The van der Waals surface area contributed by atoms with Crippen molar-refractivity contribution in [3.05, 3.63) is 64.9 Å². The van der Waals surface area contributed by atoms with Crippen molar-refractivity contribution < 1.29 is 14.0 Å². The van der Waals surface area contributed by atoms with Gasteiger partial charge >= 0.3 is 6.09 Å². The monoisotopic (exact) mass is 292 g/mol. The molecule has 2 rings (SSSR count). The van der Waals surface area contributed by atoms with Crippen LogP contribution in [-0.4, -0.2) is 12.3 Å². The molecule has 0 saturated carbocycles. The van der Waals surface area contributed by atoms with Crippen LogP contribution < -0.4 is 5.32 Å². The molecular weight excluding hydrogens is 283 g/mol. The van der Waals surface area contributed by atoms with Crippen LogP contribution in [0.5, 0.6) is 0 Å². The largest absolute Gasteiger partial charge is 0.437 e. The van der Waals surface area contributed by atoms with Crippen LogP contribution in [0.25, 0.3) is 0 Å². The average Bonchev–Trinajstić information content (AvgIpc) is 2.44. The van der Waals surface area contributed by atoms with Crippen LogP contribution in [0.15, 0.2) is 53.7 Å². The molecule has 0 aliphatic heterocycles. The van der Waals surface area contributed by atoms with Crippen molar-refractivity contribution in [1.82, 2.24) is 0 Å². The number of nitrogens with one attached hydrogen (secondary N) is 1. The van der Waals surface area contributed by atoms with E-state index in [1.165, 1.54) is 30.5 Å². The molecule has 0 radical (unpaired) electrons. The predicted octanol–water partition coefficient (Wildman–Crippen LogP) is 4.06. The van der Waals surface area contributed by atoms with Crippen LogP contribution in [0.2, 0.25) is 5.02 Å². The lowest BCUT2D eigenvalue weighted by Gasteiger charge is -2.02. The van der Waals surface area contributed by atoms with Gasteiger partial charge in [-0.15, -0.1) is 0 Å². The molecule has 0 unspecified atom stereocenters. The zero-order chi connectivity index (χ0) is 14.4. The number of benzene rings is 2. The number of rotatable bonds is 3. The Bertz CT molecular complexity index is 612. The predicted molar refractivity (Wildman–Crippen MR) is 75.5 cm³/mol. The second-order valence-electron chi connectivity index (χ2n) is 3.80. The highest BCUT2D eigenvalue weighted by molar-refractivity contribution is 6.30. The van der Waals surface area contributed by atoms with Gasteiger partial charge < -0.3 is 0 Å². The lowest BCUT2D eigenvalue weighted by Crippen LogP contribution is -2.10. The van der Waals surface area contributed by atoms with Gasteiger partial charge in [0.1, 0.15) is 5.82 Å². The van der Waals surface area contributed by atoms with Crippen molar-refractivity contribution >= 4 is 29.6 Å². The minimum atomic E-state index is -0.731. The number of carbonyl (C=O) groups is 1. The van der Waals surface area contributed by atoms with E-state index < -0.39 is 6.09 Å². The van der Waals surface area contributed by atoms with Gasteiger partial charge in [0.25, 0.3) is 0 Å². The van der Waals surface area contributed by atoms with E-state index in [-0.39, 0.29) is 5.82 Å². The fourth-order valence-corrected chi connectivity index (χ4v) is 1.48. The van der Waals surface area contributed by atoms with Gasteiger partial charge in [-0.1, -0.05) is 28.9 Å². The first-order chi connectivity index (χ1) is 9.63. The van der Waals surface area contributed by atoms with Crippen molar-refractivity contribution in [1.29, 1.82) is 0 Å². The molecule has 0 aromatic heterocycles. The van der Waals surface area contributed by atoms with Crippen molar-refractivity contribution in [2.24, 2.45) is 5.16 Å². The Labute approximate surface area is 119 Å². The van der Waals surface area contributed by atoms with Crippen molar-refractivity contribution in [2.75, 3.05) is 5.32 Å². The maximum atomic E-state index is 12.7. The Morgan fingerprint density at radius 3 is 2.45 bits per heavy atom. The first kappa shape index (κ1) is 14.0. The molecule has 2 aromatic carbocycles. The SMILES string of the molecule is O=C(Nc1ccc(Cl)cc1)ON=Cc1ccc(F)cc1. The topological polar surface area (TPSA) is 50.7 Å². The number of hydrogen-bond donors (Lipinski definition) is 1. The average molecular weight is 293 g/mol. The number of hydrogen-bond acceptors (Lipinski definition) is 3. The number of halogens is 2. The standard InChI is InChI=1S/C14H10ClFN2O2/c15-11-3-7-13(8-4-11)18-14(19)20-17-9-10-1-5-12(16)6-2-10/h1-9H,(H,18,19). The molecule has 20 heavy (non-hydrogen) atoms. The van der Waals surface area contributed by atoms with E-state index >= 15 is 0 Å². The van der Waals surface area contributed by atoms with Crippen LogP contribution in [-0.2, 0) is 4.84 Å². The van der Waals surface area contributed by atoms with Gasteiger partial charge in [-0.05, 0) is 42.0 Å². The van der Waals surface area contributed by atoms with E-state index in [4.69, 9.17) is 11.6 Å². The number of oxime groups is 1. The van der Waals surface area contributed by atoms with Crippen molar-refractivity contribution in [2.45, 2.75) is 0 Å². The van der Waals surface area contributed by atoms with Crippen LogP contribution >= 0.6 is 11.6 Å². The first-order valence-corrected chi connectivity index (χ1v) is 6.04. The van der Waals surface area contributed by atoms with Gasteiger partial charge in [0.15, 0.2) is 0 Å². The summed E-state index contributed by atoms with van der Waals surface area (Å²) in [5.41, 5.74) is 1.15. The quantitative estimate of drug-likeness (QED) is 0.527. The van der Waals surface area contributed by atoms with Crippen molar-refractivity contribution in [3.63, 3.8) is 0 Å². The Balaban J connectivity index is 1.85. The summed E-state index contributed by atoms with van der Waals surface area (Å²) in [4.78, 5) is 16.0. The van der Waals surface area contributed by atoms with E-state index in [9.17, 15) is 9.18 Å². The van der Waals surface area contributed by atoms with E-state index in [0.29, 0.717) is 16.3 Å². The van der Waals surface area contributed by atoms with Gasteiger partial charge in [-0.3, -0.25) is 10.2 Å². The fraction of sp³-hybridized carbons (Fsp3) is 0. The Hall–Kier alpha value is -2.40. The highest BCUT2D eigenvalue weighted by Gasteiger charge is 2.02. The molecular formula is C14H10ClFN2O2. The lowest BCUT2D eigenvalue weighted by molar-refractivity contribution is 0.167. The molecule has 0 fully saturated rings. The first-order valence-electron chi connectivity index (χ1n) is 5.66. The highest BCUT2D eigenvalue weighted by Crippen LogP contribution is 2.13. The third-order valence-corrected chi connectivity index (χ3v) is 2.55. The van der Waals surface area contributed by atoms with Gasteiger partial charge in [-0.25, -0.2) is 9.18 Å². The number of anilines is 1. The van der Waals surface area contributed by atoms with E-state index in [1.54, 1.807) is 24.3 Å². The zero-order valence-electron chi connectivity index (χ0n) is 10.2. The summed E-state index contributed by atoms with van der Waals surface area (Å²) in [6, 6.07) is 12.1.